The SMILES string of the molecule is CC(C)(C)OC(=O)Nc1ccc(C(=O)CSC2=NC(=O)C=C(O)C2)cc1. The van der Waals surface area contributed by atoms with E-state index in [2.05, 4.69) is 10.3 Å². The number of amides is 2. The van der Waals surface area contributed by atoms with Gasteiger partial charge >= 0.3 is 6.09 Å². The maximum atomic E-state index is 12.2. The minimum atomic E-state index is -0.593. The highest BCUT2D eigenvalue weighted by molar-refractivity contribution is 8.14. The lowest BCUT2D eigenvalue weighted by molar-refractivity contribution is -0.113. The van der Waals surface area contributed by atoms with E-state index in [9.17, 15) is 19.5 Å². The fraction of sp³-hybridized carbons (Fsp3) is 0.333. The number of ketones is 1. The van der Waals surface area contributed by atoms with Gasteiger partial charge in [0.2, 0.25) is 0 Å². The molecule has 0 spiro atoms. The maximum Gasteiger partial charge on any atom is 0.412 e. The largest absolute Gasteiger partial charge is 0.512 e. The van der Waals surface area contributed by atoms with Crippen LogP contribution in [0.1, 0.15) is 37.6 Å². The van der Waals surface area contributed by atoms with Crippen molar-refractivity contribution in [1.29, 1.82) is 0 Å². The predicted molar refractivity (Wildman–Crippen MR) is 101 cm³/mol. The van der Waals surface area contributed by atoms with Crippen molar-refractivity contribution in [2.45, 2.75) is 32.8 Å². The molecule has 0 saturated carbocycles. The van der Waals surface area contributed by atoms with Crippen molar-refractivity contribution in [3.8, 4) is 0 Å². The lowest BCUT2D eigenvalue weighted by atomic mass is 10.1. The van der Waals surface area contributed by atoms with E-state index in [1.54, 1.807) is 45.0 Å². The second kappa shape index (κ2) is 8.18. The second-order valence-corrected chi connectivity index (χ2v) is 7.62. The van der Waals surface area contributed by atoms with Crippen molar-refractivity contribution in [1.82, 2.24) is 0 Å². The lowest BCUT2D eigenvalue weighted by Gasteiger charge is -2.19. The zero-order valence-electron chi connectivity index (χ0n) is 14.7. The Morgan fingerprint density at radius 2 is 1.92 bits per heavy atom. The summed E-state index contributed by atoms with van der Waals surface area (Å²) < 4.78 is 5.16. The number of hydrogen-bond donors (Lipinski definition) is 2. The standard InChI is InChI=1S/C18H20N2O5S/c1-18(2,3)25-17(24)19-12-6-4-11(5-7-12)14(22)10-26-16-9-13(21)8-15(23)20-16/h4-8,21H,9-10H2,1-3H3,(H,19,24). The number of ether oxygens (including phenoxy) is 1. The van der Waals surface area contributed by atoms with Crippen LogP contribution in [-0.2, 0) is 9.53 Å². The van der Waals surface area contributed by atoms with Crippen LogP contribution in [-0.4, -0.2) is 39.3 Å². The molecule has 0 bridgehead atoms. The van der Waals surface area contributed by atoms with Gasteiger partial charge in [-0.3, -0.25) is 14.9 Å². The molecule has 2 amide bonds. The first-order chi connectivity index (χ1) is 12.1. The first-order valence-corrected chi connectivity index (χ1v) is 8.88. The molecule has 0 atom stereocenters. The average Bonchev–Trinajstić information content (AvgIpc) is 2.50. The number of allylic oxidation sites excluding steroid dienone is 1. The van der Waals surface area contributed by atoms with Gasteiger partial charge in [0.15, 0.2) is 5.78 Å². The van der Waals surface area contributed by atoms with Crippen LogP contribution in [0.5, 0.6) is 0 Å². The highest BCUT2D eigenvalue weighted by atomic mass is 32.2. The molecule has 1 heterocycles. The van der Waals surface area contributed by atoms with Crippen LogP contribution in [0.2, 0.25) is 0 Å². The van der Waals surface area contributed by atoms with E-state index in [-0.39, 0.29) is 23.7 Å². The van der Waals surface area contributed by atoms with E-state index in [1.165, 1.54) is 0 Å². The van der Waals surface area contributed by atoms with E-state index < -0.39 is 17.6 Å². The van der Waals surface area contributed by atoms with E-state index in [0.29, 0.717) is 16.3 Å². The minimum Gasteiger partial charge on any atom is -0.512 e. The molecule has 0 radical (unpaired) electrons. The number of thioether (sulfide) groups is 1. The Kier molecular flexibility index (Phi) is 6.20. The van der Waals surface area contributed by atoms with Crippen LogP contribution < -0.4 is 5.32 Å². The summed E-state index contributed by atoms with van der Waals surface area (Å²) in [6, 6.07) is 6.41. The molecule has 26 heavy (non-hydrogen) atoms. The molecule has 0 aliphatic carbocycles. The summed E-state index contributed by atoms with van der Waals surface area (Å²) in [7, 11) is 0. The van der Waals surface area contributed by atoms with E-state index in [1.807, 2.05) is 0 Å². The van der Waals surface area contributed by atoms with Gasteiger partial charge in [0, 0.05) is 17.3 Å². The normalized spacial score (nSPS) is 14.3. The smallest absolute Gasteiger partial charge is 0.412 e. The molecule has 138 valence electrons. The number of hydrogen-bond acceptors (Lipinski definition) is 6. The number of carbonyl (C=O) groups excluding carboxylic acids is 3. The molecule has 1 aliphatic rings. The van der Waals surface area contributed by atoms with Crippen molar-refractivity contribution < 1.29 is 24.2 Å². The first kappa shape index (κ1) is 19.7. The summed E-state index contributed by atoms with van der Waals surface area (Å²) in [5.41, 5.74) is 0.389. The number of aliphatic hydroxyl groups excluding tert-OH is 1. The molecule has 2 N–H and O–H groups in total. The Hall–Kier alpha value is -2.61. The summed E-state index contributed by atoms with van der Waals surface area (Å²) in [5.74, 6) is -0.639. The van der Waals surface area contributed by atoms with Crippen LogP contribution in [0.3, 0.4) is 0 Å². The minimum absolute atomic E-state index is 0.0579. The topological polar surface area (TPSA) is 105 Å². The zero-order chi connectivity index (χ0) is 19.3. The average molecular weight is 376 g/mol. The molecule has 0 aromatic heterocycles. The third kappa shape index (κ3) is 6.36. The number of nitrogens with zero attached hydrogens (tertiary/aromatic N) is 1. The van der Waals surface area contributed by atoms with Crippen LogP contribution in [0, 0.1) is 0 Å². The van der Waals surface area contributed by atoms with Gasteiger partial charge in [0.05, 0.1) is 17.2 Å². The third-order valence-corrected chi connectivity index (χ3v) is 4.05. The van der Waals surface area contributed by atoms with E-state index in [0.717, 1.165) is 17.8 Å². The van der Waals surface area contributed by atoms with E-state index >= 15 is 0 Å². The molecular weight excluding hydrogens is 356 g/mol. The van der Waals surface area contributed by atoms with E-state index in [4.69, 9.17) is 4.74 Å². The molecule has 1 aromatic carbocycles. The number of aliphatic imine (C=N–C) groups is 1. The summed E-state index contributed by atoms with van der Waals surface area (Å²) >= 11 is 1.12. The molecule has 2 rings (SSSR count). The molecule has 1 aromatic rings. The van der Waals surface area contributed by atoms with Gasteiger partial charge in [-0.15, -0.1) is 11.8 Å². The van der Waals surface area contributed by atoms with Crippen LogP contribution in [0.15, 0.2) is 41.1 Å². The Bertz CT molecular complexity index is 776. The summed E-state index contributed by atoms with van der Waals surface area (Å²) in [5, 5.41) is 12.4. The van der Waals surface area contributed by atoms with Gasteiger partial charge in [-0.05, 0) is 45.0 Å². The summed E-state index contributed by atoms with van der Waals surface area (Å²) in [6.07, 6.45) is 0.644. The summed E-state index contributed by atoms with van der Waals surface area (Å²) in [4.78, 5) is 38.9. The monoisotopic (exact) mass is 376 g/mol. The molecule has 0 saturated heterocycles. The Balaban J connectivity index is 1.88. The number of Topliss-reactive ketones (excluding diaryl/α,β-unsaturated/α-hetero) is 1. The van der Waals surface area contributed by atoms with Gasteiger partial charge < -0.3 is 9.84 Å². The molecule has 8 heteroatoms. The highest BCUT2D eigenvalue weighted by Gasteiger charge is 2.17. The quantitative estimate of drug-likeness (QED) is 0.776. The number of nitrogens with one attached hydrogen (secondary N) is 1. The van der Waals surface area contributed by atoms with Crippen molar-refractivity contribution in [2.24, 2.45) is 4.99 Å². The van der Waals surface area contributed by atoms with Gasteiger partial charge in [-0.1, -0.05) is 0 Å². The molecule has 0 fully saturated rings. The van der Waals surface area contributed by atoms with Crippen molar-refractivity contribution in [3.63, 3.8) is 0 Å². The van der Waals surface area contributed by atoms with Crippen LogP contribution in [0.4, 0.5) is 10.5 Å². The third-order valence-electron chi connectivity index (χ3n) is 3.08. The molecule has 7 nitrogen and oxygen atoms in total. The number of anilines is 1. The number of aliphatic hydroxyl groups is 1. The molecule has 1 aliphatic heterocycles. The fourth-order valence-electron chi connectivity index (χ4n) is 2.02. The number of carbonyl (C=O) groups is 3. The lowest BCUT2D eigenvalue weighted by Crippen LogP contribution is -2.27. The predicted octanol–water partition coefficient (Wildman–Crippen LogP) is 3.72. The van der Waals surface area contributed by atoms with Crippen molar-refractivity contribution >= 4 is 40.3 Å². The van der Waals surface area contributed by atoms with Gasteiger partial charge in [-0.2, -0.15) is 0 Å². The van der Waals surface area contributed by atoms with Gasteiger partial charge in [-0.25, -0.2) is 9.79 Å². The second-order valence-electron chi connectivity index (χ2n) is 6.57. The molecular formula is C18H20N2O5S. The first-order valence-electron chi connectivity index (χ1n) is 7.89. The highest BCUT2D eigenvalue weighted by Crippen LogP contribution is 2.19. The van der Waals surface area contributed by atoms with Crippen molar-refractivity contribution in [2.75, 3.05) is 11.1 Å². The Morgan fingerprint density at radius 1 is 1.27 bits per heavy atom. The zero-order valence-corrected chi connectivity index (χ0v) is 15.6. The Morgan fingerprint density at radius 3 is 2.50 bits per heavy atom. The maximum absolute atomic E-state index is 12.2. The van der Waals surface area contributed by atoms with Crippen molar-refractivity contribution in [3.05, 3.63) is 41.7 Å². The number of rotatable bonds is 4. The van der Waals surface area contributed by atoms with Gasteiger partial charge in [0.25, 0.3) is 5.91 Å². The van der Waals surface area contributed by atoms with Crippen LogP contribution in [0.25, 0.3) is 0 Å². The summed E-state index contributed by atoms with van der Waals surface area (Å²) in [6.45, 7) is 5.31. The van der Waals surface area contributed by atoms with Crippen LogP contribution >= 0.6 is 11.8 Å². The Labute approximate surface area is 155 Å². The van der Waals surface area contributed by atoms with Gasteiger partial charge in [0.1, 0.15) is 11.4 Å². The number of benzene rings is 1. The fourth-order valence-corrected chi connectivity index (χ4v) is 2.89. The number of dihydropyridines is 1. The molecule has 0 unspecified atom stereocenters.